The van der Waals surface area contributed by atoms with Crippen molar-refractivity contribution in [1.29, 1.82) is 0 Å². The van der Waals surface area contributed by atoms with Crippen LogP contribution in [0.15, 0.2) is 0 Å². The summed E-state index contributed by atoms with van der Waals surface area (Å²) >= 11 is 0. The fourth-order valence-corrected chi connectivity index (χ4v) is 2.41. The Morgan fingerprint density at radius 1 is 1.32 bits per heavy atom. The van der Waals surface area contributed by atoms with Crippen LogP contribution in [0.4, 0.5) is 4.79 Å². The van der Waals surface area contributed by atoms with Gasteiger partial charge in [0.15, 0.2) is 0 Å². The molecule has 4 nitrogen and oxygen atoms in total. The number of nitrogens with one attached hydrogen (secondary N) is 2. The van der Waals surface area contributed by atoms with Crippen molar-refractivity contribution < 1.29 is 9.90 Å². The number of carbonyl (C=O) groups excluding carboxylic acids is 1. The summed E-state index contributed by atoms with van der Waals surface area (Å²) in [7, 11) is 0. The number of hydrogen-bond acceptors (Lipinski definition) is 2. The Morgan fingerprint density at radius 2 is 1.95 bits per heavy atom. The molecule has 112 valence electrons. The zero-order valence-electron chi connectivity index (χ0n) is 12.8. The molecule has 0 spiro atoms. The first-order valence-corrected chi connectivity index (χ1v) is 7.57. The second kappa shape index (κ2) is 7.13. The Morgan fingerprint density at radius 3 is 2.42 bits per heavy atom. The van der Waals surface area contributed by atoms with Gasteiger partial charge < -0.3 is 15.7 Å². The highest BCUT2D eigenvalue weighted by molar-refractivity contribution is 5.75. The first kappa shape index (κ1) is 16.3. The number of hydrogen-bond donors (Lipinski definition) is 3. The predicted octanol–water partition coefficient (Wildman–Crippen LogP) is 2.66. The lowest BCUT2D eigenvalue weighted by atomic mass is 9.97. The summed E-state index contributed by atoms with van der Waals surface area (Å²) in [6, 6.07) is 0.0291. The van der Waals surface area contributed by atoms with Crippen molar-refractivity contribution in [3.8, 4) is 0 Å². The van der Waals surface area contributed by atoms with Gasteiger partial charge >= 0.3 is 6.03 Å². The van der Waals surface area contributed by atoms with Gasteiger partial charge in [0.1, 0.15) is 0 Å². The fraction of sp³-hybridized carbons (Fsp3) is 0.933. The van der Waals surface area contributed by atoms with E-state index in [0.29, 0.717) is 11.8 Å². The molecule has 1 aliphatic rings. The molecule has 0 radical (unpaired) electrons. The van der Waals surface area contributed by atoms with Crippen LogP contribution in [0.5, 0.6) is 0 Å². The molecule has 0 heterocycles. The van der Waals surface area contributed by atoms with Crippen LogP contribution in [0, 0.1) is 11.8 Å². The van der Waals surface area contributed by atoms with E-state index in [1.165, 1.54) is 6.42 Å². The number of rotatable bonds is 8. The molecule has 2 amide bonds. The second-order valence-corrected chi connectivity index (χ2v) is 6.67. The molecule has 3 N–H and O–H groups in total. The molecule has 0 aromatic heterocycles. The second-order valence-electron chi connectivity index (χ2n) is 6.67. The summed E-state index contributed by atoms with van der Waals surface area (Å²) in [4.78, 5) is 11.9. The SMILES string of the molecule is CC(C)CCCC(C)NC(=O)NC(C)(CO)C1CC1. The molecular weight excluding hydrogens is 240 g/mol. The van der Waals surface area contributed by atoms with E-state index in [0.717, 1.165) is 25.7 Å². The van der Waals surface area contributed by atoms with Crippen molar-refractivity contribution in [2.75, 3.05) is 6.61 Å². The van der Waals surface area contributed by atoms with Gasteiger partial charge in [0.2, 0.25) is 0 Å². The summed E-state index contributed by atoms with van der Waals surface area (Å²) in [5, 5.41) is 15.3. The molecule has 2 atom stereocenters. The molecule has 0 saturated heterocycles. The van der Waals surface area contributed by atoms with Crippen LogP contribution in [0.3, 0.4) is 0 Å². The van der Waals surface area contributed by atoms with Crippen LogP contribution in [0.25, 0.3) is 0 Å². The van der Waals surface area contributed by atoms with Gasteiger partial charge in [-0.1, -0.05) is 26.7 Å². The molecule has 0 aromatic rings. The molecule has 0 bridgehead atoms. The van der Waals surface area contributed by atoms with E-state index in [1.54, 1.807) is 0 Å². The molecule has 0 aliphatic heterocycles. The molecule has 1 rings (SSSR count). The smallest absolute Gasteiger partial charge is 0.315 e. The van der Waals surface area contributed by atoms with Crippen LogP contribution < -0.4 is 10.6 Å². The minimum absolute atomic E-state index is 0.00676. The molecule has 1 saturated carbocycles. The lowest BCUT2D eigenvalue weighted by Gasteiger charge is -2.29. The van der Waals surface area contributed by atoms with E-state index in [-0.39, 0.29) is 18.7 Å². The Hall–Kier alpha value is -0.770. The van der Waals surface area contributed by atoms with E-state index in [4.69, 9.17) is 0 Å². The summed E-state index contributed by atoms with van der Waals surface area (Å²) in [5.41, 5.74) is -0.457. The van der Waals surface area contributed by atoms with Crippen molar-refractivity contribution in [2.24, 2.45) is 11.8 Å². The number of amides is 2. The van der Waals surface area contributed by atoms with Gasteiger partial charge in [-0.3, -0.25) is 0 Å². The fourth-order valence-electron chi connectivity index (χ4n) is 2.41. The van der Waals surface area contributed by atoms with Crippen molar-refractivity contribution in [3.05, 3.63) is 0 Å². The van der Waals surface area contributed by atoms with Crippen LogP contribution in [0.2, 0.25) is 0 Å². The van der Waals surface area contributed by atoms with E-state index >= 15 is 0 Å². The Kier molecular flexibility index (Phi) is 6.11. The normalized spacial score (nSPS) is 19.9. The number of carbonyl (C=O) groups is 1. The van der Waals surface area contributed by atoms with Gasteiger partial charge in [-0.15, -0.1) is 0 Å². The first-order chi connectivity index (χ1) is 8.87. The molecule has 19 heavy (non-hydrogen) atoms. The zero-order chi connectivity index (χ0) is 14.5. The molecule has 4 heteroatoms. The highest BCUT2D eigenvalue weighted by Crippen LogP contribution is 2.39. The Balaban J connectivity index is 2.25. The molecule has 0 aromatic carbocycles. The standard InChI is InChI=1S/C15H30N2O2/c1-11(2)6-5-7-12(3)16-14(19)17-15(4,10-18)13-8-9-13/h11-13,18H,5-10H2,1-4H3,(H2,16,17,19). The van der Waals surface area contributed by atoms with Gasteiger partial charge in [0.25, 0.3) is 0 Å². The average molecular weight is 270 g/mol. The largest absolute Gasteiger partial charge is 0.394 e. The van der Waals surface area contributed by atoms with Crippen LogP contribution in [-0.4, -0.2) is 29.3 Å². The number of urea groups is 1. The topological polar surface area (TPSA) is 61.4 Å². The molecule has 1 fully saturated rings. The first-order valence-electron chi connectivity index (χ1n) is 7.57. The van der Waals surface area contributed by atoms with E-state index in [1.807, 2.05) is 13.8 Å². The number of aliphatic hydroxyl groups excluding tert-OH is 1. The van der Waals surface area contributed by atoms with Crippen LogP contribution in [0.1, 0.15) is 59.8 Å². The molecule has 2 unspecified atom stereocenters. The Bertz CT molecular complexity index is 290. The van der Waals surface area contributed by atoms with Gasteiger partial charge in [-0.05, 0) is 44.9 Å². The highest BCUT2D eigenvalue weighted by Gasteiger charge is 2.42. The Labute approximate surface area is 117 Å². The third kappa shape index (κ3) is 5.81. The zero-order valence-corrected chi connectivity index (χ0v) is 12.8. The molecule has 1 aliphatic carbocycles. The minimum atomic E-state index is -0.457. The highest BCUT2D eigenvalue weighted by atomic mass is 16.3. The van der Waals surface area contributed by atoms with Crippen molar-refractivity contribution >= 4 is 6.03 Å². The van der Waals surface area contributed by atoms with Crippen molar-refractivity contribution in [1.82, 2.24) is 10.6 Å². The number of aliphatic hydroxyl groups is 1. The van der Waals surface area contributed by atoms with Crippen molar-refractivity contribution in [2.45, 2.75) is 71.4 Å². The lowest BCUT2D eigenvalue weighted by molar-refractivity contribution is 0.154. The average Bonchev–Trinajstić information content (AvgIpc) is 3.11. The molecular formula is C15H30N2O2. The third-order valence-corrected chi connectivity index (χ3v) is 4.00. The minimum Gasteiger partial charge on any atom is -0.394 e. The summed E-state index contributed by atoms with van der Waals surface area (Å²) < 4.78 is 0. The van der Waals surface area contributed by atoms with Crippen molar-refractivity contribution in [3.63, 3.8) is 0 Å². The third-order valence-electron chi connectivity index (χ3n) is 4.00. The lowest BCUT2D eigenvalue weighted by Crippen LogP contribution is -2.55. The maximum atomic E-state index is 11.9. The maximum Gasteiger partial charge on any atom is 0.315 e. The summed E-state index contributed by atoms with van der Waals surface area (Å²) in [5.74, 6) is 1.15. The van der Waals surface area contributed by atoms with Crippen LogP contribution in [-0.2, 0) is 0 Å². The van der Waals surface area contributed by atoms with Gasteiger partial charge in [-0.2, -0.15) is 0 Å². The summed E-state index contributed by atoms with van der Waals surface area (Å²) in [6.07, 6.45) is 5.54. The summed E-state index contributed by atoms with van der Waals surface area (Å²) in [6.45, 7) is 8.40. The predicted molar refractivity (Wildman–Crippen MR) is 78.0 cm³/mol. The maximum absolute atomic E-state index is 11.9. The van der Waals surface area contributed by atoms with Gasteiger partial charge in [-0.25, -0.2) is 4.79 Å². The van der Waals surface area contributed by atoms with E-state index < -0.39 is 5.54 Å². The van der Waals surface area contributed by atoms with Gasteiger partial charge in [0.05, 0.1) is 12.1 Å². The van der Waals surface area contributed by atoms with E-state index in [9.17, 15) is 9.90 Å². The van der Waals surface area contributed by atoms with Gasteiger partial charge in [0, 0.05) is 6.04 Å². The monoisotopic (exact) mass is 270 g/mol. The van der Waals surface area contributed by atoms with E-state index in [2.05, 4.69) is 24.5 Å². The van der Waals surface area contributed by atoms with Crippen LogP contribution >= 0.6 is 0 Å². The quantitative estimate of drug-likeness (QED) is 0.635.